The topological polar surface area (TPSA) is 57.7 Å². The minimum Gasteiger partial charge on any atom is -0.333 e. The van der Waals surface area contributed by atoms with Gasteiger partial charge in [0.2, 0.25) is 5.91 Å². The van der Waals surface area contributed by atoms with Gasteiger partial charge in [-0.05, 0) is 38.0 Å². The molecule has 1 fully saturated rings. The van der Waals surface area contributed by atoms with Gasteiger partial charge in [-0.3, -0.25) is 19.3 Å². The molecule has 3 amide bonds. The maximum Gasteiger partial charge on any atom is 0.262 e. The van der Waals surface area contributed by atoms with Crippen LogP contribution in [0.15, 0.2) is 48.5 Å². The zero-order chi connectivity index (χ0) is 19.1. The van der Waals surface area contributed by atoms with Crippen LogP contribution in [0, 0.1) is 5.82 Å². The third-order valence-corrected chi connectivity index (χ3v) is 5.14. The zero-order valence-electron chi connectivity index (χ0n) is 14.9. The number of hydrogen-bond donors (Lipinski definition) is 0. The molecule has 2 aliphatic rings. The van der Waals surface area contributed by atoms with Crippen molar-refractivity contribution in [3.63, 3.8) is 0 Å². The Bertz CT molecular complexity index is 904. The second kappa shape index (κ2) is 6.61. The van der Waals surface area contributed by atoms with Gasteiger partial charge in [-0.15, -0.1) is 0 Å². The summed E-state index contributed by atoms with van der Waals surface area (Å²) in [5.74, 6) is -1.63. The summed E-state index contributed by atoms with van der Waals surface area (Å²) in [6.45, 7) is 1.68. The largest absolute Gasteiger partial charge is 0.333 e. The summed E-state index contributed by atoms with van der Waals surface area (Å²) in [6.07, 6.45) is 1.68. The molecule has 1 atom stereocenters. The standard InChI is InChI=1S/C21H19FN2O3/c1-13(24-20(26)16-7-3-4-8-17(16)21(24)27)19(25)23(15-10-11-15)12-14-6-2-5-9-18(14)22/h2-9,13,15H,10-12H2,1H3. The summed E-state index contributed by atoms with van der Waals surface area (Å²) in [6, 6.07) is 12.0. The Labute approximate surface area is 156 Å². The molecule has 1 unspecified atom stereocenters. The summed E-state index contributed by atoms with van der Waals surface area (Å²) >= 11 is 0. The van der Waals surface area contributed by atoms with Gasteiger partial charge in [0.15, 0.2) is 0 Å². The third-order valence-electron chi connectivity index (χ3n) is 5.14. The number of hydrogen-bond acceptors (Lipinski definition) is 3. The number of imide groups is 1. The molecule has 0 saturated heterocycles. The van der Waals surface area contributed by atoms with Crippen LogP contribution in [0.3, 0.4) is 0 Å². The Morgan fingerprint density at radius 1 is 1.07 bits per heavy atom. The van der Waals surface area contributed by atoms with E-state index in [0.717, 1.165) is 17.7 Å². The van der Waals surface area contributed by atoms with Crippen LogP contribution in [-0.4, -0.2) is 39.6 Å². The van der Waals surface area contributed by atoms with Gasteiger partial charge in [-0.2, -0.15) is 0 Å². The summed E-state index contributed by atoms with van der Waals surface area (Å²) in [7, 11) is 0. The maximum atomic E-state index is 14.0. The number of carbonyl (C=O) groups is 3. The fourth-order valence-corrected chi connectivity index (χ4v) is 3.49. The molecule has 2 aromatic carbocycles. The SMILES string of the molecule is CC(C(=O)N(Cc1ccccc1F)C1CC1)N1C(=O)c2ccccc2C1=O. The van der Waals surface area contributed by atoms with Crippen LogP contribution in [0.2, 0.25) is 0 Å². The molecule has 5 nitrogen and oxygen atoms in total. The molecule has 27 heavy (non-hydrogen) atoms. The van der Waals surface area contributed by atoms with Crippen molar-refractivity contribution in [2.24, 2.45) is 0 Å². The summed E-state index contributed by atoms with van der Waals surface area (Å²) in [5.41, 5.74) is 1.05. The van der Waals surface area contributed by atoms with Crippen LogP contribution < -0.4 is 0 Å². The van der Waals surface area contributed by atoms with Crippen molar-refractivity contribution in [2.75, 3.05) is 0 Å². The summed E-state index contributed by atoms with van der Waals surface area (Å²) in [5, 5.41) is 0. The molecule has 0 bridgehead atoms. The maximum absolute atomic E-state index is 14.0. The highest BCUT2D eigenvalue weighted by Gasteiger charge is 2.44. The van der Waals surface area contributed by atoms with Crippen LogP contribution >= 0.6 is 0 Å². The van der Waals surface area contributed by atoms with Gasteiger partial charge >= 0.3 is 0 Å². The van der Waals surface area contributed by atoms with E-state index in [-0.39, 0.29) is 24.3 Å². The molecular weight excluding hydrogens is 347 g/mol. The molecule has 1 saturated carbocycles. The lowest BCUT2D eigenvalue weighted by Crippen LogP contribution is -2.49. The Morgan fingerprint density at radius 3 is 2.19 bits per heavy atom. The van der Waals surface area contributed by atoms with E-state index in [0.29, 0.717) is 16.7 Å². The first-order chi connectivity index (χ1) is 13.0. The van der Waals surface area contributed by atoms with Gasteiger partial charge in [0, 0.05) is 18.2 Å². The van der Waals surface area contributed by atoms with Crippen molar-refractivity contribution in [2.45, 2.75) is 38.4 Å². The van der Waals surface area contributed by atoms with Gasteiger partial charge in [-0.1, -0.05) is 30.3 Å². The molecule has 0 aromatic heterocycles. The number of fused-ring (bicyclic) bond motifs is 1. The van der Waals surface area contributed by atoms with Crippen LogP contribution in [0.25, 0.3) is 0 Å². The van der Waals surface area contributed by atoms with E-state index in [9.17, 15) is 18.8 Å². The van der Waals surface area contributed by atoms with Crippen molar-refractivity contribution < 1.29 is 18.8 Å². The molecule has 0 spiro atoms. The van der Waals surface area contributed by atoms with E-state index >= 15 is 0 Å². The highest BCUT2D eigenvalue weighted by Crippen LogP contribution is 2.31. The van der Waals surface area contributed by atoms with Gasteiger partial charge in [0.25, 0.3) is 11.8 Å². The second-order valence-electron chi connectivity index (χ2n) is 6.99. The summed E-state index contributed by atoms with van der Waals surface area (Å²) in [4.78, 5) is 41.0. The van der Waals surface area contributed by atoms with E-state index in [1.165, 1.54) is 6.07 Å². The average Bonchev–Trinajstić information content (AvgIpc) is 3.48. The lowest BCUT2D eigenvalue weighted by Gasteiger charge is -2.29. The number of carbonyl (C=O) groups excluding carboxylic acids is 3. The number of nitrogens with zero attached hydrogens (tertiary/aromatic N) is 2. The van der Waals surface area contributed by atoms with Gasteiger partial charge in [0.1, 0.15) is 11.9 Å². The Balaban J connectivity index is 1.58. The van der Waals surface area contributed by atoms with E-state index < -0.39 is 17.9 Å². The number of benzene rings is 2. The molecule has 1 aliphatic carbocycles. The van der Waals surface area contributed by atoms with Crippen molar-refractivity contribution in [1.82, 2.24) is 9.80 Å². The van der Waals surface area contributed by atoms with Crippen LogP contribution in [0.4, 0.5) is 4.39 Å². The first kappa shape index (κ1) is 17.4. The highest BCUT2D eigenvalue weighted by molar-refractivity contribution is 6.22. The molecule has 1 heterocycles. The first-order valence-electron chi connectivity index (χ1n) is 9.00. The number of amides is 3. The molecule has 1 aliphatic heterocycles. The van der Waals surface area contributed by atoms with E-state index in [4.69, 9.17) is 0 Å². The molecule has 4 rings (SSSR count). The fraction of sp³-hybridized carbons (Fsp3) is 0.286. The van der Waals surface area contributed by atoms with Crippen molar-refractivity contribution in [3.8, 4) is 0 Å². The predicted molar refractivity (Wildman–Crippen MR) is 96.4 cm³/mol. The minimum atomic E-state index is -0.940. The third kappa shape index (κ3) is 3.01. The quantitative estimate of drug-likeness (QED) is 0.765. The van der Waals surface area contributed by atoms with Crippen molar-refractivity contribution >= 4 is 17.7 Å². The highest BCUT2D eigenvalue weighted by atomic mass is 19.1. The van der Waals surface area contributed by atoms with Gasteiger partial charge in [0.05, 0.1) is 11.1 Å². The van der Waals surface area contributed by atoms with Crippen molar-refractivity contribution in [3.05, 3.63) is 71.0 Å². The monoisotopic (exact) mass is 366 g/mol. The normalized spacial score (nSPS) is 17.0. The second-order valence-corrected chi connectivity index (χ2v) is 6.99. The lowest BCUT2D eigenvalue weighted by atomic mass is 10.1. The van der Waals surface area contributed by atoms with Gasteiger partial charge < -0.3 is 4.90 Å². The van der Waals surface area contributed by atoms with E-state index in [1.54, 1.807) is 54.3 Å². The Hall–Kier alpha value is -3.02. The minimum absolute atomic E-state index is 0.0229. The molecular formula is C21H19FN2O3. The molecule has 138 valence electrons. The van der Waals surface area contributed by atoms with E-state index in [1.807, 2.05) is 0 Å². The fourth-order valence-electron chi connectivity index (χ4n) is 3.49. The van der Waals surface area contributed by atoms with Gasteiger partial charge in [-0.25, -0.2) is 4.39 Å². The van der Waals surface area contributed by atoms with Crippen LogP contribution in [0.5, 0.6) is 0 Å². The molecule has 2 aromatic rings. The number of rotatable bonds is 5. The zero-order valence-corrected chi connectivity index (χ0v) is 14.9. The average molecular weight is 366 g/mol. The first-order valence-corrected chi connectivity index (χ1v) is 9.00. The van der Waals surface area contributed by atoms with Crippen LogP contribution in [-0.2, 0) is 11.3 Å². The molecule has 0 radical (unpaired) electrons. The van der Waals surface area contributed by atoms with E-state index in [2.05, 4.69) is 0 Å². The van der Waals surface area contributed by atoms with Crippen LogP contribution in [0.1, 0.15) is 46.0 Å². The predicted octanol–water partition coefficient (Wildman–Crippen LogP) is 3.00. The smallest absolute Gasteiger partial charge is 0.262 e. The number of halogens is 1. The molecule has 0 N–H and O–H groups in total. The Morgan fingerprint density at radius 2 is 1.63 bits per heavy atom. The molecule has 6 heteroatoms. The van der Waals surface area contributed by atoms with Crippen molar-refractivity contribution in [1.29, 1.82) is 0 Å². The summed E-state index contributed by atoms with van der Waals surface area (Å²) < 4.78 is 14.0. The lowest BCUT2D eigenvalue weighted by molar-refractivity contribution is -0.136. The Kier molecular flexibility index (Phi) is 4.26.